The maximum absolute atomic E-state index is 12.8. The van der Waals surface area contributed by atoms with Crippen molar-refractivity contribution in [3.8, 4) is 6.07 Å². The van der Waals surface area contributed by atoms with E-state index in [2.05, 4.69) is 57.0 Å². The van der Waals surface area contributed by atoms with Crippen LogP contribution in [0, 0.1) is 17.2 Å². The number of nitrogens with one attached hydrogen (secondary N) is 2. The lowest BCUT2D eigenvalue weighted by atomic mass is 9.93. The SMILES string of the molecule is Cl.N#Cc1c(NC(=O)c2cnn(CCOCCC3CCN(Cc4ccccc4)CC3)c2)sc2c1CCNC2. The van der Waals surface area contributed by atoms with E-state index < -0.39 is 0 Å². The van der Waals surface area contributed by atoms with Crippen LogP contribution in [0.5, 0.6) is 0 Å². The highest BCUT2D eigenvalue weighted by Crippen LogP contribution is 2.35. The van der Waals surface area contributed by atoms with Crippen molar-refractivity contribution < 1.29 is 9.53 Å². The van der Waals surface area contributed by atoms with Gasteiger partial charge in [-0.3, -0.25) is 14.4 Å². The van der Waals surface area contributed by atoms with E-state index in [1.165, 1.54) is 29.7 Å². The Morgan fingerprint density at radius 2 is 2.05 bits per heavy atom. The second-order valence-electron chi connectivity index (χ2n) is 9.80. The zero-order valence-corrected chi connectivity index (χ0v) is 23.2. The van der Waals surface area contributed by atoms with E-state index in [0.717, 1.165) is 68.5 Å². The van der Waals surface area contributed by atoms with Crippen molar-refractivity contribution >= 4 is 34.7 Å². The molecule has 2 aromatic heterocycles. The molecule has 10 heteroatoms. The Labute approximate surface area is 234 Å². The molecule has 2 aliphatic heterocycles. The monoisotopic (exact) mass is 554 g/mol. The topological polar surface area (TPSA) is 95.2 Å². The van der Waals surface area contributed by atoms with Gasteiger partial charge in [0.1, 0.15) is 11.1 Å². The molecule has 1 fully saturated rings. The van der Waals surface area contributed by atoms with Gasteiger partial charge in [-0.1, -0.05) is 30.3 Å². The molecule has 8 nitrogen and oxygen atoms in total. The number of ether oxygens (including phenoxy) is 1. The molecular formula is C28H35ClN6O2S. The van der Waals surface area contributed by atoms with Crippen LogP contribution in [0.15, 0.2) is 42.7 Å². The summed E-state index contributed by atoms with van der Waals surface area (Å²) in [7, 11) is 0. The molecule has 0 radical (unpaired) electrons. The average Bonchev–Trinajstić information content (AvgIpc) is 3.54. The van der Waals surface area contributed by atoms with E-state index in [9.17, 15) is 10.1 Å². The third-order valence-electron chi connectivity index (χ3n) is 7.25. The minimum absolute atomic E-state index is 0. The molecule has 0 atom stereocenters. The third-order valence-corrected chi connectivity index (χ3v) is 8.40. The second-order valence-corrected chi connectivity index (χ2v) is 10.9. The molecule has 1 saturated heterocycles. The highest BCUT2D eigenvalue weighted by Gasteiger charge is 2.22. The first-order chi connectivity index (χ1) is 18.2. The number of benzene rings is 1. The van der Waals surface area contributed by atoms with Gasteiger partial charge in [0.2, 0.25) is 0 Å². The molecule has 0 saturated carbocycles. The molecule has 38 heavy (non-hydrogen) atoms. The Kier molecular flexibility index (Phi) is 10.3. The number of nitriles is 1. The van der Waals surface area contributed by atoms with Crippen LogP contribution >= 0.6 is 23.7 Å². The molecule has 2 N–H and O–H groups in total. The Hall–Kier alpha value is -2.74. The molecule has 1 amide bonds. The van der Waals surface area contributed by atoms with Crippen LogP contribution in [0.25, 0.3) is 0 Å². The van der Waals surface area contributed by atoms with Crippen molar-refractivity contribution in [3.05, 3.63) is 69.9 Å². The number of likely N-dealkylation sites (tertiary alicyclic amines) is 1. The minimum Gasteiger partial charge on any atom is -0.380 e. The summed E-state index contributed by atoms with van der Waals surface area (Å²) in [5.41, 5.74) is 3.53. The van der Waals surface area contributed by atoms with Crippen molar-refractivity contribution in [2.75, 3.05) is 38.2 Å². The van der Waals surface area contributed by atoms with E-state index in [1.807, 2.05) is 0 Å². The summed E-state index contributed by atoms with van der Waals surface area (Å²) in [6.45, 7) is 6.87. The quantitative estimate of drug-likeness (QED) is 0.359. The van der Waals surface area contributed by atoms with Crippen LogP contribution in [0.1, 0.15) is 51.2 Å². The maximum Gasteiger partial charge on any atom is 0.259 e. The lowest BCUT2D eigenvalue weighted by Gasteiger charge is -2.32. The predicted molar refractivity (Wildman–Crippen MR) is 152 cm³/mol. The minimum atomic E-state index is -0.242. The normalized spacial score (nSPS) is 15.9. The predicted octanol–water partition coefficient (Wildman–Crippen LogP) is 4.45. The average molecular weight is 555 g/mol. The van der Waals surface area contributed by atoms with Gasteiger partial charge in [0.15, 0.2) is 0 Å². The number of halogens is 1. The summed E-state index contributed by atoms with van der Waals surface area (Å²) in [5.74, 6) is 0.484. The number of carbonyl (C=O) groups is 1. The number of aromatic nitrogens is 2. The fraction of sp³-hybridized carbons (Fsp3) is 0.464. The van der Waals surface area contributed by atoms with Crippen molar-refractivity contribution in [2.45, 2.75) is 45.3 Å². The van der Waals surface area contributed by atoms with Gasteiger partial charge >= 0.3 is 0 Å². The van der Waals surface area contributed by atoms with Crippen LogP contribution in [-0.4, -0.2) is 53.4 Å². The van der Waals surface area contributed by atoms with E-state index in [-0.39, 0.29) is 18.3 Å². The summed E-state index contributed by atoms with van der Waals surface area (Å²) in [6, 6.07) is 13.0. The second kappa shape index (κ2) is 13.9. The molecular weight excluding hydrogens is 520 g/mol. The lowest BCUT2D eigenvalue weighted by molar-refractivity contribution is 0.0933. The fourth-order valence-electron chi connectivity index (χ4n) is 5.10. The largest absolute Gasteiger partial charge is 0.380 e. The number of hydrogen-bond donors (Lipinski definition) is 2. The summed E-state index contributed by atoms with van der Waals surface area (Å²) >= 11 is 1.48. The molecule has 202 valence electrons. The molecule has 3 aromatic rings. The number of thiophene rings is 1. The van der Waals surface area contributed by atoms with Gasteiger partial charge in [0.05, 0.1) is 30.5 Å². The van der Waals surface area contributed by atoms with Crippen molar-refractivity contribution in [2.24, 2.45) is 5.92 Å². The Balaban J connectivity index is 0.00000336. The number of anilines is 1. The summed E-state index contributed by atoms with van der Waals surface area (Å²) in [4.78, 5) is 16.4. The maximum atomic E-state index is 12.8. The van der Waals surface area contributed by atoms with E-state index in [0.29, 0.717) is 29.3 Å². The van der Waals surface area contributed by atoms with Crippen LogP contribution < -0.4 is 10.6 Å². The first-order valence-electron chi connectivity index (χ1n) is 13.1. The van der Waals surface area contributed by atoms with Crippen LogP contribution in [-0.2, 0) is 30.8 Å². The fourth-order valence-corrected chi connectivity index (χ4v) is 6.27. The smallest absolute Gasteiger partial charge is 0.259 e. The number of hydrogen-bond acceptors (Lipinski definition) is 7. The number of piperidine rings is 1. The molecule has 2 aliphatic rings. The van der Waals surface area contributed by atoms with Gasteiger partial charge in [-0.15, -0.1) is 23.7 Å². The van der Waals surface area contributed by atoms with E-state index in [4.69, 9.17) is 4.74 Å². The first kappa shape index (κ1) is 28.3. The summed E-state index contributed by atoms with van der Waals surface area (Å²) in [5, 5.41) is 20.8. The number of amides is 1. The Morgan fingerprint density at radius 3 is 2.84 bits per heavy atom. The molecule has 4 heterocycles. The van der Waals surface area contributed by atoms with Gasteiger partial charge < -0.3 is 15.4 Å². The summed E-state index contributed by atoms with van der Waals surface area (Å²) in [6.07, 6.45) is 7.67. The van der Waals surface area contributed by atoms with Gasteiger partial charge in [0, 0.05) is 30.8 Å². The van der Waals surface area contributed by atoms with Crippen LogP contribution in [0.2, 0.25) is 0 Å². The molecule has 5 rings (SSSR count). The van der Waals surface area contributed by atoms with Crippen molar-refractivity contribution in [3.63, 3.8) is 0 Å². The first-order valence-corrected chi connectivity index (χ1v) is 13.9. The van der Waals surface area contributed by atoms with Gasteiger partial charge in [-0.25, -0.2) is 0 Å². The number of fused-ring (bicyclic) bond motifs is 1. The third kappa shape index (κ3) is 7.22. The standard InChI is InChI=1S/C28H34N6O2S.ClH/c29-16-25-24-6-10-30-18-26(24)37-28(25)32-27(35)23-17-31-34(20-23)13-15-36-14-9-21-7-11-33(12-8-21)19-22-4-2-1-3-5-22;/h1-5,17,20-21,30H,6-15,18-19H2,(H,32,35);1H. The zero-order chi connectivity index (χ0) is 25.5. The van der Waals surface area contributed by atoms with E-state index in [1.54, 1.807) is 17.1 Å². The Morgan fingerprint density at radius 1 is 1.24 bits per heavy atom. The van der Waals surface area contributed by atoms with Gasteiger partial charge in [-0.05, 0) is 62.4 Å². The van der Waals surface area contributed by atoms with Crippen molar-refractivity contribution in [1.29, 1.82) is 5.26 Å². The van der Waals surface area contributed by atoms with Crippen LogP contribution in [0.3, 0.4) is 0 Å². The molecule has 0 unspecified atom stereocenters. The number of nitrogens with zero attached hydrogens (tertiary/aromatic N) is 4. The Bertz CT molecular complexity index is 1230. The molecule has 1 aromatic carbocycles. The number of rotatable bonds is 10. The number of carbonyl (C=O) groups excluding carboxylic acids is 1. The molecule has 0 bridgehead atoms. The highest BCUT2D eigenvalue weighted by atomic mass is 35.5. The molecule has 0 spiro atoms. The van der Waals surface area contributed by atoms with Gasteiger partial charge in [-0.2, -0.15) is 10.4 Å². The van der Waals surface area contributed by atoms with Crippen LogP contribution in [0.4, 0.5) is 5.00 Å². The van der Waals surface area contributed by atoms with Gasteiger partial charge in [0.25, 0.3) is 5.91 Å². The molecule has 0 aliphatic carbocycles. The zero-order valence-electron chi connectivity index (χ0n) is 21.5. The lowest BCUT2D eigenvalue weighted by Crippen LogP contribution is -2.33. The van der Waals surface area contributed by atoms with E-state index >= 15 is 0 Å². The highest BCUT2D eigenvalue weighted by molar-refractivity contribution is 7.16. The summed E-state index contributed by atoms with van der Waals surface area (Å²) < 4.78 is 7.63. The van der Waals surface area contributed by atoms with Crippen molar-refractivity contribution in [1.82, 2.24) is 20.0 Å².